The number of ketones is 1. The lowest BCUT2D eigenvalue weighted by molar-refractivity contribution is -0.147. The fourth-order valence-electron chi connectivity index (χ4n) is 2.82. The van der Waals surface area contributed by atoms with E-state index in [4.69, 9.17) is 16.3 Å². The van der Waals surface area contributed by atoms with Gasteiger partial charge in [0.05, 0.1) is 15.6 Å². The number of carbonyl (C=O) groups excluding carboxylic acids is 3. The largest absolute Gasteiger partial charge is 0.456 e. The van der Waals surface area contributed by atoms with E-state index >= 15 is 0 Å². The third-order valence-electron chi connectivity index (χ3n) is 4.30. The zero-order valence-corrected chi connectivity index (χ0v) is 17.7. The number of para-hydroxylation sites is 1. The molecule has 1 N–H and O–H groups in total. The summed E-state index contributed by atoms with van der Waals surface area (Å²) in [4.78, 5) is 36.6. The Balaban J connectivity index is 1.46. The molecule has 0 spiro atoms. The number of anilines is 1. The number of rotatable bonds is 9. The molecule has 0 aliphatic heterocycles. The maximum absolute atomic E-state index is 12.2. The highest BCUT2D eigenvalue weighted by molar-refractivity contribution is 7.18. The summed E-state index contributed by atoms with van der Waals surface area (Å²) in [6.07, 6.45) is 0.593. The summed E-state index contributed by atoms with van der Waals surface area (Å²) in [6.45, 7) is -0.405. The second kappa shape index (κ2) is 10.7. The van der Waals surface area contributed by atoms with Gasteiger partial charge in [-0.1, -0.05) is 60.1 Å². The molecule has 0 unspecified atom stereocenters. The highest BCUT2D eigenvalue weighted by Crippen LogP contribution is 2.23. The summed E-state index contributed by atoms with van der Waals surface area (Å²) < 4.78 is 5.52. The molecule has 0 saturated heterocycles. The number of Topliss-reactive ketones (excluding diaryl/α,β-unsaturated/α-hetero) is 1. The monoisotopic (exact) mass is 441 g/mol. The Labute approximate surface area is 183 Å². The number of esters is 1. The normalized spacial score (nSPS) is 10.4. The Hall–Kier alpha value is -2.96. The van der Waals surface area contributed by atoms with Crippen LogP contribution in [-0.4, -0.2) is 24.3 Å². The highest BCUT2D eigenvalue weighted by Gasteiger charge is 2.14. The number of carbonyl (C=O) groups is 3. The molecule has 0 atom stereocenters. The summed E-state index contributed by atoms with van der Waals surface area (Å²) in [5.74, 6) is -1.21. The number of thiophene rings is 1. The molecule has 1 aromatic heterocycles. The van der Waals surface area contributed by atoms with Gasteiger partial charge in [-0.2, -0.15) is 0 Å². The first-order chi connectivity index (χ1) is 14.5. The van der Waals surface area contributed by atoms with Crippen molar-refractivity contribution in [3.63, 3.8) is 0 Å². The van der Waals surface area contributed by atoms with E-state index in [0.717, 1.165) is 11.1 Å². The van der Waals surface area contributed by atoms with Crippen molar-refractivity contribution < 1.29 is 19.1 Å². The standard InChI is InChI=1S/C23H20ClNO4S/c24-21-12-11-20(30-21)19(26)10-13-23(28)29-15-22(27)25-18-9-5-4-8-17(18)14-16-6-2-1-3-7-16/h1-9,11-12H,10,13-15H2,(H,25,27). The van der Waals surface area contributed by atoms with Gasteiger partial charge in [-0.3, -0.25) is 14.4 Å². The van der Waals surface area contributed by atoms with Gasteiger partial charge in [-0.15, -0.1) is 11.3 Å². The van der Waals surface area contributed by atoms with E-state index in [-0.39, 0.29) is 18.6 Å². The van der Waals surface area contributed by atoms with Crippen LogP contribution in [0, 0.1) is 0 Å². The van der Waals surface area contributed by atoms with Crippen molar-refractivity contribution in [3.8, 4) is 0 Å². The lowest BCUT2D eigenvalue weighted by Crippen LogP contribution is -2.21. The molecule has 30 heavy (non-hydrogen) atoms. The minimum absolute atomic E-state index is 0.0111. The lowest BCUT2D eigenvalue weighted by atomic mass is 10.0. The maximum Gasteiger partial charge on any atom is 0.306 e. The van der Waals surface area contributed by atoms with Crippen LogP contribution in [0.5, 0.6) is 0 Å². The number of hydrogen-bond donors (Lipinski definition) is 1. The number of amides is 1. The fourth-order valence-corrected chi connectivity index (χ4v) is 3.83. The second-order valence-electron chi connectivity index (χ2n) is 6.56. The van der Waals surface area contributed by atoms with Crippen molar-refractivity contribution in [2.75, 3.05) is 11.9 Å². The summed E-state index contributed by atoms with van der Waals surface area (Å²) in [5.41, 5.74) is 2.76. The average Bonchev–Trinajstić information content (AvgIpc) is 3.19. The van der Waals surface area contributed by atoms with Gasteiger partial charge in [-0.25, -0.2) is 0 Å². The smallest absolute Gasteiger partial charge is 0.306 e. The van der Waals surface area contributed by atoms with E-state index in [1.807, 2.05) is 54.6 Å². The average molecular weight is 442 g/mol. The van der Waals surface area contributed by atoms with Crippen molar-refractivity contribution in [1.82, 2.24) is 0 Å². The van der Waals surface area contributed by atoms with E-state index in [1.54, 1.807) is 12.1 Å². The van der Waals surface area contributed by atoms with Gasteiger partial charge in [0.15, 0.2) is 12.4 Å². The number of benzene rings is 2. The van der Waals surface area contributed by atoms with Crippen LogP contribution in [0.4, 0.5) is 5.69 Å². The van der Waals surface area contributed by atoms with E-state index < -0.39 is 18.5 Å². The quantitative estimate of drug-likeness (QED) is 0.368. The maximum atomic E-state index is 12.2. The van der Waals surface area contributed by atoms with Gasteiger partial charge >= 0.3 is 5.97 Å². The molecule has 0 saturated carbocycles. The van der Waals surface area contributed by atoms with E-state index in [9.17, 15) is 14.4 Å². The molecule has 0 bridgehead atoms. The van der Waals surface area contributed by atoms with Crippen molar-refractivity contribution in [1.29, 1.82) is 0 Å². The third-order valence-corrected chi connectivity index (χ3v) is 5.57. The number of halogens is 1. The van der Waals surface area contributed by atoms with Gasteiger partial charge in [0.25, 0.3) is 5.91 Å². The summed E-state index contributed by atoms with van der Waals surface area (Å²) in [5, 5.41) is 2.78. The van der Waals surface area contributed by atoms with Crippen molar-refractivity contribution in [2.45, 2.75) is 19.3 Å². The molecule has 3 aromatic rings. The van der Waals surface area contributed by atoms with Crippen LogP contribution in [-0.2, 0) is 20.7 Å². The first kappa shape index (κ1) is 21.7. The molecule has 0 aliphatic rings. The summed E-state index contributed by atoms with van der Waals surface area (Å²) >= 11 is 6.97. The first-order valence-electron chi connectivity index (χ1n) is 9.37. The Morgan fingerprint density at radius 2 is 1.63 bits per heavy atom. The molecule has 3 rings (SSSR count). The van der Waals surface area contributed by atoms with Crippen molar-refractivity contribution in [2.24, 2.45) is 0 Å². The van der Waals surface area contributed by atoms with Crippen molar-refractivity contribution >= 4 is 46.3 Å². The molecule has 0 radical (unpaired) electrons. The summed E-state index contributed by atoms with van der Waals surface area (Å²) in [7, 11) is 0. The molecular formula is C23H20ClNO4S. The zero-order valence-electron chi connectivity index (χ0n) is 16.1. The number of ether oxygens (including phenoxy) is 1. The topological polar surface area (TPSA) is 72.5 Å². The van der Waals surface area contributed by atoms with Crippen LogP contribution in [0.15, 0.2) is 66.7 Å². The SMILES string of the molecule is O=C(COC(=O)CCC(=O)c1ccc(Cl)s1)Nc1ccccc1Cc1ccccc1. The van der Waals surface area contributed by atoms with E-state index in [0.29, 0.717) is 21.3 Å². The van der Waals surface area contributed by atoms with Crippen LogP contribution in [0.3, 0.4) is 0 Å². The van der Waals surface area contributed by atoms with Crippen LogP contribution in [0.2, 0.25) is 4.34 Å². The van der Waals surface area contributed by atoms with Gasteiger partial charge in [0, 0.05) is 12.1 Å². The molecule has 1 heterocycles. The van der Waals surface area contributed by atoms with Crippen LogP contribution in [0.1, 0.15) is 33.6 Å². The van der Waals surface area contributed by atoms with Crippen molar-refractivity contribution in [3.05, 3.63) is 87.1 Å². The Bertz CT molecular complexity index is 1030. The summed E-state index contributed by atoms with van der Waals surface area (Å²) in [6, 6.07) is 20.7. The van der Waals surface area contributed by atoms with Crippen LogP contribution >= 0.6 is 22.9 Å². The molecule has 7 heteroatoms. The zero-order chi connectivity index (χ0) is 21.3. The predicted molar refractivity (Wildman–Crippen MR) is 118 cm³/mol. The molecular weight excluding hydrogens is 422 g/mol. The highest BCUT2D eigenvalue weighted by atomic mass is 35.5. The molecule has 0 fully saturated rings. The lowest BCUT2D eigenvalue weighted by Gasteiger charge is -2.11. The first-order valence-corrected chi connectivity index (χ1v) is 10.6. The van der Waals surface area contributed by atoms with Gasteiger partial charge < -0.3 is 10.1 Å². The van der Waals surface area contributed by atoms with Crippen LogP contribution < -0.4 is 5.32 Å². The third kappa shape index (κ3) is 6.54. The molecule has 2 aromatic carbocycles. The molecule has 0 aliphatic carbocycles. The van der Waals surface area contributed by atoms with Gasteiger partial charge in [0.2, 0.25) is 0 Å². The Morgan fingerprint density at radius 1 is 0.900 bits per heavy atom. The van der Waals surface area contributed by atoms with E-state index in [1.165, 1.54) is 11.3 Å². The predicted octanol–water partition coefficient (Wildman–Crippen LogP) is 5.14. The van der Waals surface area contributed by atoms with Gasteiger partial charge in [-0.05, 0) is 35.7 Å². The minimum atomic E-state index is -0.598. The molecule has 1 amide bonds. The Kier molecular flexibility index (Phi) is 7.76. The Morgan fingerprint density at radius 3 is 2.37 bits per heavy atom. The number of hydrogen-bond acceptors (Lipinski definition) is 5. The minimum Gasteiger partial charge on any atom is -0.456 e. The van der Waals surface area contributed by atoms with Crippen LogP contribution in [0.25, 0.3) is 0 Å². The second-order valence-corrected chi connectivity index (χ2v) is 8.27. The number of nitrogens with one attached hydrogen (secondary N) is 1. The fraction of sp³-hybridized carbons (Fsp3) is 0.174. The molecule has 5 nitrogen and oxygen atoms in total. The van der Waals surface area contributed by atoms with E-state index in [2.05, 4.69) is 5.32 Å². The molecule has 154 valence electrons. The van der Waals surface area contributed by atoms with Gasteiger partial charge in [0.1, 0.15) is 0 Å².